The number of halogens is 6. The highest BCUT2D eigenvalue weighted by molar-refractivity contribution is 5.40. The molecule has 8 nitrogen and oxygen atoms in total. The minimum absolute atomic E-state index is 0.0322. The van der Waals surface area contributed by atoms with E-state index in [1.54, 1.807) is 30.5 Å². The van der Waals surface area contributed by atoms with Crippen LogP contribution in [0, 0.1) is 34.9 Å². The van der Waals surface area contributed by atoms with Crippen LogP contribution in [0.25, 0.3) is 0 Å². The number of benzene rings is 2. The van der Waals surface area contributed by atoms with Crippen molar-refractivity contribution in [3.8, 4) is 11.8 Å². The minimum atomic E-state index is -2.33. The van der Waals surface area contributed by atoms with Crippen molar-refractivity contribution in [2.45, 2.75) is 6.54 Å². The van der Waals surface area contributed by atoms with Gasteiger partial charge in [-0.3, -0.25) is 0 Å². The molecule has 3 N–H and O–H groups in total. The molecule has 0 aliphatic carbocycles. The zero-order valence-electron chi connectivity index (χ0n) is 18.7. The molecule has 0 fully saturated rings. The van der Waals surface area contributed by atoms with E-state index in [9.17, 15) is 26.3 Å². The fourth-order valence-electron chi connectivity index (χ4n) is 2.99. The summed E-state index contributed by atoms with van der Waals surface area (Å²) in [5.74, 6) is -12.9. The van der Waals surface area contributed by atoms with Gasteiger partial charge in [0.1, 0.15) is 11.6 Å². The van der Waals surface area contributed by atoms with E-state index in [4.69, 9.17) is 4.74 Å². The Hall–Kier alpha value is -4.62. The third-order valence-corrected chi connectivity index (χ3v) is 4.70. The number of ether oxygens (including phenoxy) is 1. The molecule has 0 saturated carbocycles. The highest BCUT2D eigenvalue weighted by Crippen LogP contribution is 2.32. The fraction of sp³-hybridized carbons (Fsp3) is 0.130. The molecule has 4 rings (SSSR count). The van der Waals surface area contributed by atoms with Gasteiger partial charge in [-0.1, -0.05) is 18.2 Å². The van der Waals surface area contributed by atoms with Crippen molar-refractivity contribution in [3.05, 3.63) is 89.1 Å². The summed E-state index contributed by atoms with van der Waals surface area (Å²) in [6.45, 7) is 0.610. The van der Waals surface area contributed by atoms with E-state index in [-0.39, 0.29) is 25.0 Å². The summed E-state index contributed by atoms with van der Waals surface area (Å²) in [5.41, 5.74) is 0.511. The quantitative estimate of drug-likeness (QED) is 0.116. The largest absolute Gasteiger partial charge is 0.418 e. The molecule has 0 aliphatic rings. The maximum Gasteiger partial charge on any atom is 0.328 e. The molecule has 2 aromatic carbocycles. The summed E-state index contributed by atoms with van der Waals surface area (Å²) < 4.78 is 87.1. The van der Waals surface area contributed by atoms with Gasteiger partial charge in [0.15, 0.2) is 0 Å². The summed E-state index contributed by atoms with van der Waals surface area (Å²) in [7, 11) is 0. The van der Waals surface area contributed by atoms with E-state index < -0.39 is 46.7 Å². The second kappa shape index (κ2) is 11.4. The number of rotatable bonds is 10. The minimum Gasteiger partial charge on any atom is -0.418 e. The maximum atomic E-state index is 14.1. The van der Waals surface area contributed by atoms with Gasteiger partial charge >= 0.3 is 6.01 Å². The van der Waals surface area contributed by atoms with Crippen molar-refractivity contribution < 1.29 is 31.1 Å². The number of anilines is 3. The Morgan fingerprint density at radius 1 is 0.676 bits per heavy atom. The Morgan fingerprint density at radius 3 is 2.03 bits per heavy atom. The van der Waals surface area contributed by atoms with Crippen molar-refractivity contribution in [1.82, 2.24) is 19.9 Å². The molecule has 4 aromatic rings. The molecule has 0 bridgehead atoms. The van der Waals surface area contributed by atoms with Gasteiger partial charge in [0.05, 0.1) is 0 Å². The van der Waals surface area contributed by atoms with Crippen molar-refractivity contribution >= 4 is 17.7 Å². The van der Waals surface area contributed by atoms with Gasteiger partial charge in [0.2, 0.25) is 46.7 Å². The molecule has 0 amide bonds. The zero-order chi connectivity index (χ0) is 26.4. The predicted molar refractivity (Wildman–Crippen MR) is 121 cm³/mol. The predicted octanol–water partition coefficient (Wildman–Crippen LogP) is 5.03. The van der Waals surface area contributed by atoms with E-state index in [1.807, 2.05) is 0 Å². The first kappa shape index (κ1) is 25.5. The monoisotopic (exact) mass is 521 g/mol. The van der Waals surface area contributed by atoms with E-state index in [1.165, 1.54) is 18.2 Å². The second-order valence-corrected chi connectivity index (χ2v) is 7.32. The smallest absolute Gasteiger partial charge is 0.328 e. The molecular weight excluding hydrogens is 504 g/mol. The molecule has 2 aromatic heterocycles. The zero-order valence-corrected chi connectivity index (χ0v) is 18.7. The van der Waals surface area contributed by atoms with Crippen LogP contribution in [0.4, 0.5) is 44.1 Å². The molecule has 192 valence electrons. The molecule has 0 spiro atoms. The van der Waals surface area contributed by atoms with Gasteiger partial charge in [-0.25, -0.2) is 22.5 Å². The van der Waals surface area contributed by atoms with Crippen LogP contribution in [0.3, 0.4) is 0 Å². The maximum absolute atomic E-state index is 14.1. The van der Waals surface area contributed by atoms with Crippen LogP contribution in [-0.4, -0.2) is 33.0 Å². The van der Waals surface area contributed by atoms with Crippen molar-refractivity contribution in [2.75, 3.05) is 29.0 Å². The molecule has 0 atom stereocenters. The summed E-state index contributed by atoms with van der Waals surface area (Å²) in [4.78, 5) is 15.8. The Labute approximate surface area is 205 Å². The van der Waals surface area contributed by atoms with Gasteiger partial charge in [0.25, 0.3) is 0 Å². The normalized spacial score (nSPS) is 10.8. The lowest BCUT2D eigenvalue weighted by Gasteiger charge is -2.12. The Morgan fingerprint density at radius 2 is 1.35 bits per heavy atom. The molecule has 0 unspecified atom stereocenters. The number of nitrogens with zero attached hydrogens (tertiary/aromatic N) is 4. The van der Waals surface area contributed by atoms with Crippen molar-refractivity contribution in [1.29, 1.82) is 0 Å². The summed E-state index contributed by atoms with van der Waals surface area (Å²) in [6.07, 6.45) is 1.60. The fourth-order valence-corrected chi connectivity index (χ4v) is 2.99. The van der Waals surface area contributed by atoms with Gasteiger partial charge in [0, 0.05) is 25.8 Å². The molecule has 2 heterocycles. The van der Waals surface area contributed by atoms with Crippen LogP contribution in [0.2, 0.25) is 0 Å². The van der Waals surface area contributed by atoms with Gasteiger partial charge < -0.3 is 20.7 Å². The number of aromatic nitrogens is 4. The van der Waals surface area contributed by atoms with Gasteiger partial charge in [-0.2, -0.15) is 23.7 Å². The molecule has 0 aliphatic heterocycles. The van der Waals surface area contributed by atoms with Crippen LogP contribution in [0.5, 0.6) is 11.8 Å². The number of nitrogens with one attached hydrogen (secondary N) is 3. The third kappa shape index (κ3) is 6.34. The first-order chi connectivity index (χ1) is 17.8. The molecule has 0 saturated heterocycles. The lowest BCUT2D eigenvalue weighted by molar-refractivity contribution is 0.322. The van der Waals surface area contributed by atoms with Gasteiger partial charge in [-0.15, -0.1) is 0 Å². The lowest BCUT2D eigenvalue weighted by Crippen LogP contribution is -2.17. The molecular formula is C23H17F6N7O. The molecule has 37 heavy (non-hydrogen) atoms. The number of pyridine rings is 1. The topological polar surface area (TPSA) is 96.9 Å². The standard InChI is InChI=1S/C23H17F6N7O/c24-13-5-3-4-12(10-13)11-33-22-34-21(32-9-8-31-14-6-1-2-7-30-14)35-23(36-22)37-20-18(28)16(26)15(25)17(27)19(20)29/h1-7,10H,8-9,11H2,(H,30,31)(H2,32,33,34,35,36). The molecule has 14 heteroatoms. The van der Waals surface area contributed by atoms with Crippen LogP contribution in [0.15, 0.2) is 48.7 Å². The van der Waals surface area contributed by atoms with Crippen LogP contribution in [0.1, 0.15) is 5.56 Å². The summed E-state index contributed by atoms with van der Waals surface area (Å²) in [6, 6.07) is 10.1. The SMILES string of the molecule is Fc1cccc(CNc2nc(NCCNc3ccccn3)nc(Oc3c(F)c(F)c(F)c(F)c3F)n2)c1. The highest BCUT2D eigenvalue weighted by atomic mass is 19.2. The average Bonchev–Trinajstić information content (AvgIpc) is 2.91. The number of hydrogen-bond acceptors (Lipinski definition) is 8. The van der Waals surface area contributed by atoms with Crippen LogP contribution < -0.4 is 20.7 Å². The van der Waals surface area contributed by atoms with Crippen LogP contribution >= 0.6 is 0 Å². The Kier molecular flexibility index (Phi) is 7.86. The second-order valence-electron chi connectivity index (χ2n) is 7.32. The van der Waals surface area contributed by atoms with E-state index in [0.717, 1.165) is 0 Å². The first-order valence-electron chi connectivity index (χ1n) is 10.6. The Bertz CT molecular complexity index is 1360. The summed E-state index contributed by atoms with van der Waals surface area (Å²) in [5, 5.41) is 8.61. The summed E-state index contributed by atoms with van der Waals surface area (Å²) >= 11 is 0. The third-order valence-electron chi connectivity index (χ3n) is 4.70. The molecule has 0 radical (unpaired) electrons. The van der Waals surface area contributed by atoms with Gasteiger partial charge in [-0.05, 0) is 29.8 Å². The first-order valence-corrected chi connectivity index (χ1v) is 10.6. The van der Waals surface area contributed by atoms with E-state index >= 15 is 0 Å². The van der Waals surface area contributed by atoms with Crippen molar-refractivity contribution in [2.24, 2.45) is 0 Å². The highest BCUT2D eigenvalue weighted by Gasteiger charge is 2.28. The Balaban J connectivity index is 1.55. The van der Waals surface area contributed by atoms with Crippen molar-refractivity contribution in [3.63, 3.8) is 0 Å². The average molecular weight is 521 g/mol. The van der Waals surface area contributed by atoms with Crippen LogP contribution in [-0.2, 0) is 6.54 Å². The lowest BCUT2D eigenvalue weighted by atomic mass is 10.2. The van der Waals surface area contributed by atoms with E-state index in [2.05, 4.69) is 35.9 Å². The van der Waals surface area contributed by atoms with E-state index in [0.29, 0.717) is 17.9 Å². The number of hydrogen-bond donors (Lipinski definition) is 3.